The maximum atomic E-state index is 5.12. The molecule has 27 rings (SSSR count). The second-order valence-corrected chi connectivity index (χ2v) is 35.6. The van der Waals surface area contributed by atoms with E-state index in [-0.39, 0.29) is 0 Å². The summed E-state index contributed by atoms with van der Waals surface area (Å²) in [5.74, 6) is 5.84. The van der Waals surface area contributed by atoms with Crippen molar-refractivity contribution in [1.29, 1.82) is 0 Å². The Labute approximate surface area is 830 Å². The molecule has 0 radical (unpaired) electrons. The Morgan fingerprint density at radius 1 is 0.104 bits per heavy atom. The molecular weight excluding hydrogens is 1750 g/mol. The molecule has 0 aliphatic heterocycles. The summed E-state index contributed by atoms with van der Waals surface area (Å²) < 4.78 is 0. The minimum absolute atomic E-state index is 0.643. The van der Waals surface area contributed by atoms with Gasteiger partial charge in [0.15, 0.2) is 52.4 Å². The van der Waals surface area contributed by atoms with Crippen molar-refractivity contribution in [2.75, 3.05) is 0 Å². The molecule has 144 heavy (non-hydrogen) atoms. The topological polar surface area (TPSA) is 155 Å². The molecule has 0 saturated carbocycles. The Morgan fingerprint density at radius 3 is 0.750 bits per heavy atom. The Morgan fingerprint density at radius 2 is 0.368 bits per heavy atom. The van der Waals surface area contributed by atoms with Crippen LogP contribution in [0.15, 0.2) is 510 Å². The molecule has 12 nitrogen and oxygen atoms in total. The van der Waals surface area contributed by atoms with Crippen LogP contribution in [0.25, 0.3) is 267 Å². The van der Waals surface area contributed by atoms with Crippen molar-refractivity contribution in [3.05, 3.63) is 510 Å². The minimum Gasteiger partial charge on any atom is -0.247 e. The lowest BCUT2D eigenvalue weighted by Gasteiger charge is -2.14. The summed E-state index contributed by atoms with van der Waals surface area (Å²) in [6.07, 6.45) is 0. The number of fused-ring (bicyclic) bond motifs is 12. The lowest BCUT2D eigenvalue weighted by molar-refractivity contribution is 1.07. The van der Waals surface area contributed by atoms with E-state index in [0.29, 0.717) is 52.4 Å². The van der Waals surface area contributed by atoms with Crippen LogP contribution in [0.2, 0.25) is 0 Å². The van der Waals surface area contributed by atoms with E-state index < -0.39 is 0 Å². The summed E-state index contributed by atoms with van der Waals surface area (Å²) in [6, 6.07) is 176. The van der Waals surface area contributed by atoms with E-state index in [2.05, 4.69) is 309 Å². The van der Waals surface area contributed by atoms with Crippen molar-refractivity contribution in [3.63, 3.8) is 0 Å². The molecule has 12 heteroatoms. The van der Waals surface area contributed by atoms with Gasteiger partial charge in [-0.3, -0.25) is 0 Å². The number of benzene rings is 21. The molecule has 0 bridgehead atoms. The van der Waals surface area contributed by atoms with Gasteiger partial charge in [-0.25, -0.2) is 59.8 Å². The second kappa shape index (κ2) is 38.1. The lowest BCUT2D eigenvalue weighted by Crippen LogP contribution is -2.00. The molecular formula is C132H84N12. The maximum Gasteiger partial charge on any atom is 0.164 e. The number of para-hydroxylation sites is 3. The highest BCUT2D eigenvalue weighted by Crippen LogP contribution is 2.44. The molecule has 0 N–H and O–H groups in total. The molecule has 0 atom stereocenters. The van der Waals surface area contributed by atoms with Crippen LogP contribution in [0.3, 0.4) is 0 Å². The molecule has 0 saturated heterocycles. The third-order valence-corrected chi connectivity index (χ3v) is 26.8. The molecule has 0 aliphatic carbocycles. The van der Waals surface area contributed by atoms with Crippen LogP contribution >= 0.6 is 0 Å². The van der Waals surface area contributed by atoms with Gasteiger partial charge in [0.25, 0.3) is 0 Å². The third kappa shape index (κ3) is 16.9. The van der Waals surface area contributed by atoms with Gasteiger partial charge in [-0.15, -0.1) is 0 Å². The maximum absolute atomic E-state index is 5.12. The van der Waals surface area contributed by atoms with E-state index >= 15 is 0 Å². The largest absolute Gasteiger partial charge is 0.247 e. The smallest absolute Gasteiger partial charge is 0.164 e. The van der Waals surface area contributed by atoms with Crippen molar-refractivity contribution in [3.8, 4) is 170 Å². The van der Waals surface area contributed by atoms with Crippen molar-refractivity contribution >= 4 is 97.3 Å². The first kappa shape index (κ1) is 86.1. The Balaban J connectivity index is 0.000000113. The Kier molecular flexibility index (Phi) is 22.8. The van der Waals surface area contributed by atoms with E-state index in [0.717, 1.165) is 171 Å². The number of nitrogens with zero attached hydrogens (tertiary/aromatic N) is 12. The van der Waals surface area contributed by atoms with E-state index in [1.807, 2.05) is 200 Å². The third-order valence-electron chi connectivity index (χ3n) is 26.8. The van der Waals surface area contributed by atoms with Crippen LogP contribution in [0.5, 0.6) is 0 Å². The van der Waals surface area contributed by atoms with Crippen molar-refractivity contribution in [2.45, 2.75) is 0 Å². The van der Waals surface area contributed by atoms with Gasteiger partial charge in [0.05, 0.1) is 33.6 Å². The van der Waals surface area contributed by atoms with Crippen LogP contribution < -0.4 is 0 Å². The summed E-state index contributed by atoms with van der Waals surface area (Å²) in [7, 11) is 0. The Bertz CT molecular complexity index is 9360. The summed E-state index contributed by atoms with van der Waals surface area (Å²) in [6.45, 7) is 0. The van der Waals surface area contributed by atoms with Gasteiger partial charge < -0.3 is 0 Å². The Hall–Kier alpha value is -19.6. The highest BCUT2D eigenvalue weighted by atomic mass is 15.1. The summed E-state index contributed by atoms with van der Waals surface area (Å²) >= 11 is 0. The predicted molar refractivity (Wildman–Crippen MR) is 592 cm³/mol. The molecule has 6 heterocycles. The van der Waals surface area contributed by atoms with Crippen molar-refractivity contribution in [1.82, 2.24) is 59.8 Å². The fourth-order valence-electron chi connectivity index (χ4n) is 19.7. The highest BCUT2D eigenvalue weighted by molar-refractivity contribution is 6.15. The van der Waals surface area contributed by atoms with E-state index in [4.69, 9.17) is 59.8 Å². The summed E-state index contributed by atoms with van der Waals surface area (Å²) in [4.78, 5) is 60.0. The zero-order valence-corrected chi connectivity index (χ0v) is 77.9. The number of pyridine rings is 3. The van der Waals surface area contributed by atoms with Gasteiger partial charge >= 0.3 is 0 Å². The average molecular weight is 1840 g/mol. The van der Waals surface area contributed by atoms with Crippen molar-refractivity contribution in [2.24, 2.45) is 0 Å². The van der Waals surface area contributed by atoms with Gasteiger partial charge in [0.1, 0.15) is 0 Å². The van der Waals surface area contributed by atoms with Gasteiger partial charge in [-0.05, 0) is 107 Å². The second-order valence-electron chi connectivity index (χ2n) is 35.6. The standard InChI is InChI=1S/3C44H28N4/c1-3-13-32(14-4-1)42-46-43(33-15-5-2-6-16-33)48-44(47-42)38-23-12-18-30-17-11-22-34(40(30)38)29-25-27-31(28-26-29)41-37-21-8-7-19-35(37)36-20-9-10-24-39(36)45-41;1-3-12-32(13-4-1)42-46-43(33-14-5-2-6-15-33)48-44(47-42)38-20-11-16-30-24-27-34(28-39(30)38)29-22-25-31(26-23-29)41-37-19-8-7-17-35(37)36-18-9-10-21-40(36)45-41;1-3-12-31(13-4-1)42-46-43(32-14-5-2-6-15-32)48-44(47-42)34-26-27-36-33(28-34)16-11-20-35(36)29-22-24-30(25-23-29)41-39-19-8-7-17-37(39)38-18-9-10-21-40(38)45-41/h3*1-28H. The van der Waals surface area contributed by atoms with Crippen LogP contribution in [-0.2, 0) is 0 Å². The number of hydrogen-bond acceptors (Lipinski definition) is 12. The van der Waals surface area contributed by atoms with Crippen LogP contribution in [0, 0.1) is 0 Å². The van der Waals surface area contributed by atoms with Gasteiger partial charge in [-0.1, -0.05) is 479 Å². The van der Waals surface area contributed by atoms with Crippen LogP contribution in [-0.4, -0.2) is 59.8 Å². The molecule has 27 aromatic rings. The lowest BCUT2D eigenvalue weighted by atomic mass is 9.93. The molecule has 0 spiro atoms. The normalized spacial score (nSPS) is 11.3. The minimum atomic E-state index is 0.643. The molecule has 0 unspecified atom stereocenters. The summed E-state index contributed by atoms with van der Waals surface area (Å²) in [5, 5.41) is 17.4. The zero-order chi connectivity index (χ0) is 95.6. The number of rotatable bonds is 15. The monoisotopic (exact) mass is 1840 g/mol. The first-order valence-corrected chi connectivity index (χ1v) is 48.2. The molecule has 6 aromatic heterocycles. The number of hydrogen-bond donors (Lipinski definition) is 0. The first-order valence-electron chi connectivity index (χ1n) is 48.2. The first-order chi connectivity index (χ1) is 71.4. The molecule has 0 fully saturated rings. The fourth-order valence-corrected chi connectivity index (χ4v) is 19.7. The molecule has 672 valence electrons. The quantitative estimate of drug-likeness (QED) is 0.0897. The van der Waals surface area contributed by atoms with E-state index in [1.54, 1.807) is 0 Å². The average Bonchev–Trinajstić information content (AvgIpc) is 0.762. The van der Waals surface area contributed by atoms with Gasteiger partial charge in [0, 0.05) is 104 Å². The van der Waals surface area contributed by atoms with E-state index in [9.17, 15) is 0 Å². The predicted octanol–water partition coefficient (Wildman–Crippen LogP) is 33.2. The SMILES string of the molecule is c1ccc(-c2nc(-c3ccccc3)nc(-c3ccc4c(-c5ccc(-c6nc7ccccc7c7ccccc67)cc5)cccc4c3)n2)cc1.c1ccc(-c2nc(-c3ccccc3)nc(-c3cccc4ccc(-c5ccc(-c6nc7ccccc7c7ccccc67)cc5)cc34)n2)cc1.c1ccc(-c2nc(-c3ccccc3)nc(-c3cccc4cccc(-c5ccc(-c6nc7ccccc7c7ccccc67)cc5)c34)n2)cc1. The van der Waals surface area contributed by atoms with Gasteiger partial charge in [0.2, 0.25) is 0 Å². The van der Waals surface area contributed by atoms with Crippen molar-refractivity contribution < 1.29 is 0 Å². The fraction of sp³-hybridized carbons (Fsp3) is 0. The van der Waals surface area contributed by atoms with Gasteiger partial charge in [-0.2, -0.15) is 0 Å². The molecule has 0 aliphatic rings. The van der Waals surface area contributed by atoms with Crippen LogP contribution in [0.1, 0.15) is 0 Å². The van der Waals surface area contributed by atoms with Crippen LogP contribution in [0.4, 0.5) is 0 Å². The van der Waals surface area contributed by atoms with E-state index in [1.165, 1.54) is 43.3 Å². The number of aromatic nitrogens is 12. The molecule has 21 aromatic carbocycles. The molecule has 0 amide bonds. The summed E-state index contributed by atoms with van der Waals surface area (Å²) in [5.41, 5.74) is 24.7. The highest BCUT2D eigenvalue weighted by Gasteiger charge is 2.23. The zero-order valence-electron chi connectivity index (χ0n) is 77.9.